The van der Waals surface area contributed by atoms with Crippen LogP contribution in [-0.4, -0.2) is 25.2 Å². The first kappa shape index (κ1) is 18.7. The number of esters is 2. The summed E-state index contributed by atoms with van der Waals surface area (Å²) >= 11 is 0. The molecule has 0 aliphatic rings. The molecule has 0 aromatic heterocycles. The normalized spacial score (nSPS) is 11.8. The highest BCUT2D eigenvalue weighted by molar-refractivity contribution is 5.96. The highest BCUT2D eigenvalue weighted by Gasteiger charge is 2.14. The SMILES string of the molecule is CCCCC(=CC(=O)OCC(C)C)C(=O)OCC(C)C. The second-order valence-corrected chi connectivity index (χ2v) is 5.79. The lowest BCUT2D eigenvalue weighted by Gasteiger charge is -2.10. The zero-order valence-corrected chi connectivity index (χ0v) is 13.4. The topological polar surface area (TPSA) is 52.6 Å². The molecule has 0 rings (SSSR count). The van der Waals surface area contributed by atoms with E-state index in [-0.39, 0.29) is 11.8 Å². The molecule has 0 aliphatic heterocycles. The molecule has 0 saturated heterocycles. The van der Waals surface area contributed by atoms with E-state index in [9.17, 15) is 9.59 Å². The van der Waals surface area contributed by atoms with Crippen LogP contribution in [0.2, 0.25) is 0 Å². The van der Waals surface area contributed by atoms with Gasteiger partial charge in [-0.2, -0.15) is 0 Å². The molecule has 0 atom stereocenters. The average molecular weight is 284 g/mol. The van der Waals surface area contributed by atoms with Crippen molar-refractivity contribution in [3.8, 4) is 0 Å². The van der Waals surface area contributed by atoms with Gasteiger partial charge in [0.2, 0.25) is 0 Å². The standard InChI is InChI=1S/C16H28O4/c1-6-7-8-14(16(18)20-11-13(4)5)9-15(17)19-10-12(2)3/h9,12-13H,6-8,10-11H2,1-5H3. The summed E-state index contributed by atoms with van der Waals surface area (Å²) in [5.41, 5.74) is 0.404. The number of unbranched alkanes of at least 4 members (excludes halogenated alkanes) is 1. The van der Waals surface area contributed by atoms with Crippen molar-refractivity contribution in [1.82, 2.24) is 0 Å². The Kier molecular flexibility index (Phi) is 9.77. The Balaban J connectivity index is 4.59. The van der Waals surface area contributed by atoms with E-state index >= 15 is 0 Å². The second kappa shape index (κ2) is 10.5. The van der Waals surface area contributed by atoms with Gasteiger partial charge in [-0.25, -0.2) is 9.59 Å². The first-order valence-corrected chi connectivity index (χ1v) is 7.41. The first-order valence-electron chi connectivity index (χ1n) is 7.41. The fraction of sp³-hybridized carbons (Fsp3) is 0.750. The number of ether oxygens (including phenoxy) is 2. The zero-order chi connectivity index (χ0) is 15.5. The Labute approximate surface area is 122 Å². The Morgan fingerprint density at radius 3 is 2.05 bits per heavy atom. The van der Waals surface area contributed by atoms with Crippen LogP contribution in [0.15, 0.2) is 11.6 Å². The van der Waals surface area contributed by atoms with Gasteiger partial charge in [0.1, 0.15) is 0 Å². The van der Waals surface area contributed by atoms with Gasteiger partial charge in [0.25, 0.3) is 0 Å². The van der Waals surface area contributed by atoms with Gasteiger partial charge in [-0.15, -0.1) is 0 Å². The van der Waals surface area contributed by atoms with Gasteiger partial charge in [0.15, 0.2) is 0 Å². The monoisotopic (exact) mass is 284 g/mol. The summed E-state index contributed by atoms with van der Waals surface area (Å²) in [7, 11) is 0. The van der Waals surface area contributed by atoms with E-state index in [1.165, 1.54) is 6.08 Å². The van der Waals surface area contributed by atoms with Crippen LogP contribution in [0.5, 0.6) is 0 Å². The van der Waals surface area contributed by atoms with Crippen LogP contribution < -0.4 is 0 Å². The minimum absolute atomic E-state index is 0.277. The predicted molar refractivity (Wildman–Crippen MR) is 79.2 cm³/mol. The summed E-state index contributed by atoms with van der Waals surface area (Å²) in [5.74, 6) is -0.321. The zero-order valence-electron chi connectivity index (χ0n) is 13.4. The lowest BCUT2D eigenvalue weighted by Crippen LogP contribution is -2.15. The molecule has 0 bridgehead atoms. The van der Waals surface area contributed by atoms with Crippen molar-refractivity contribution in [2.75, 3.05) is 13.2 Å². The van der Waals surface area contributed by atoms with Crippen LogP contribution in [0.25, 0.3) is 0 Å². The van der Waals surface area contributed by atoms with Gasteiger partial charge in [-0.3, -0.25) is 0 Å². The molecule has 0 unspecified atom stereocenters. The highest BCUT2D eigenvalue weighted by atomic mass is 16.5. The molecule has 116 valence electrons. The van der Waals surface area contributed by atoms with Gasteiger partial charge in [-0.05, 0) is 24.7 Å². The quantitative estimate of drug-likeness (QED) is 0.480. The third kappa shape index (κ3) is 9.59. The summed E-state index contributed by atoms with van der Waals surface area (Å²) in [6.07, 6.45) is 3.63. The molecule has 0 saturated carbocycles. The maximum absolute atomic E-state index is 11.9. The molecule has 0 spiro atoms. The Bertz CT molecular complexity index is 329. The Hall–Kier alpha value is -1.32. The summed E-state index contributed by atoms with van der Waals surface area (Å²) in [6.45, 7) is 10.6. The molecule has 4 nitrogen and oxygen atoms in total. The van der Waals surface area contributed by atoms with E-state index in [0.29, 0.717) is 25.2 Å². The fourth-order valence-electron chi connectivity index (χ4n) is 1.37. The van der Waals surface area contributed by atoms with Gasteiger partial charge >= 0.3 is 11.9 Å². The molecule has 20 heavy (non-hydrogen) atoms. The third-order valence-electron chi connectivity index (χ3n) is 2.46. The van der Waals surface area contributed by atoms with Crippen molar-refractivity contribution in [3.63, 3.8) is 0 Å². The van der Waals surface area contributed by atoms with Crippen LogP contribution in [-0.2, 0) is 19.1 Å². The largest absolute Gasteiger partial charge is 0.462 e. The molecule has 0 fully saturated rings. The van der Waals surface area contributed by atoms with Crippen molar-refractivity contribution in [3.05, 3.63) is 11.6 Å². The number of hydrogen-bond donors (Lipinski definition) is 0. The molecular formula is C16H28O4. The first-order chi connectivity index (χ1) is 9.36. The highest BCUT2D eigenvalue weighted by Crippen LogP contribution is 2.11. The van der Waals surface area contributed by atoms with E-state index in [2.05, 4.69) is 0 Å². The fourth-order valence-corrected chi connectivity index (χ4v) is 1.37. The molecule has 0 heterocycles. The molecule has 0 radical (unpaired) electrons. The number of carbonyl (C=O) groups excluding carboxylic acids is 2. The number of rotatable bonds is 9. The average Bonchev–Trinajstić information content (AvgIpc) is 2.38. The van der Waals surface area contributed by atoms with E-state index < -0.39 is 11.9 Å². The van der Waals surface area contributed by atoms with Gasteiger partial charge in [-0.1, -0.05) is 41.0 Å². The maximum Gasteiger partial charge on any atom is 0.334 e. The van der Waals surface area contributed by atoms with Crippen LogP contribution in [0.3, 0.4) is 0 Å². The smallest absolute Gasteiger partial charge is 0.334 e. The van der Waals surface area contributed by atoms with E-state index in [0.717, 1.165) is 12.8 Å². The molecule has 0 amide bonds. The molecular weight excluding hydrogens is 256 g/mol. The summed E-state index contributed by atoms with van der Waals surface area (Å²) in [6, 6.07) is 0. The molecule has 0 aliphatic carbocycles. The maximum atomic E-state index is 11.9. The third-order valence-corrected chi connectivity index (χ3v) is 2.46. The molecule has 0 aromatic rings. The number of carbonyl (C=O) groups is 2. The van der Waals surface area contributed by atoms with Crippen LogP contribution in [0.4, 0.5) is 0 Å². The molecule has 4 heteroatoms. The summed E-state index contributed by atoms with van der Waals surface area (Å²) < 4.78 is 10.2. The van der Waals surface area contributed by atoms with E-state index in [1.54, 1.807) is 0 Å². The minimum atomic E-state index is -0.466. The molecule has 0 aromatic carbocycles. The van der Waals surface area contributed by atoms with Crippen LogP contribution in [0, 0.1) is 11.8 Å². The second-order valence-electron chi connectivity index (χ2n) is 5.79. The van der Waals surface area contributed by atoms with Crippen molar-refractivity contribution in [1.29, 1.82) is 0 Å². The van der Waals surface area contributed by atoms with Crippen LogP contribution in [0.1, 0.15) is 53.9 Å². The van der Waals surface area contributed by atoms with Gasteiger partial charge in [0, 0.05) is 11.6 Å². The Morgan fingerprint density at radius 1 is 1.00 bits per heavy atom. The van der Waals surface area contributed by atoms with Crippen LogP contribution >= 0.6 is 0 Å². The molecule has 0 N–H and O–H groups in total. The predicted octanol–water partition coefficient (Wildman–Crippen LogP) is 3.50. The van der Waals surface area contributed by atoms with Crippen molar-refractivity contribution >= 4 is 11.9 Å². The van der Waals surface area contributed by atoms with Crippen molar-refractivity contribution < 1.29 is 19.1 Å². The van der Waals surface area contributed by atoms with Gasteiger partial charge in [0.05, 0.1) is 13.2 Å². The van der Waals surface area contributed by atoms with E-state index in [4.69, 9.17) is 9.47 Å². The lowest BCUT2D eigenvalue weighted by molar-refractivity contribution is -0.142. The van der Waals surface area contributed by atoms with E-state index in [1.807, 2.05) is 34.6 Å². The van der Waals surface area contributed by atoms with Crippen molar-refractivity contribution in [2.45, 2.75) is 53.9 Å². The summed E-state index contributed by atoms with van der Waals surface area (Å²) in [4.78, 5) is 23.6. The number of hydrogen-bond acceptors (Lipinski definition) is 4. The summed E-state index contributed by atoms with van der Waals surface area (Å²) in [5, 5.41) is 0. The minimum Gasteiger partial charge on any atom is -0.462 e. The lowest BCUT2D eigenvalue weighted by atomic mass is 10.1. The van der Waals surface area contributed by atoms with Crippen molar-refractivity contribution in [2.24, 2.45) is 11.8 Å². The van der Waals surface area contributed by atoms with Gasteiger partial charge < -0.3 is 9.47 Å². The Morgan fingerprint density at radius 2 is 1.55 bits per heavy atom.